The third kappa shape index (κ3) is 4.43. The molecule has 7 rings (SSSR count). The average molecular weight is 608 g/mol. The Balaban J connectivity index is 1.13. The van der Waals surface area contributed by atoms with E-state index in [1.807, 2.05) is 16.5 Å². The van der Waals surface area contributed by atoms with Crippen LogP contribution >= 0.6 is 22.7 Å². The van der Waals surface area contributed by atoms with Crippen molar-refractivity contribution < 1.29 is 14.3 Å². The Morgan fingerprint density at radius 3 is 2.64 bits per heavy atom. The zero-order valence-corrected chi connectivity index (χ0v) is 25.0. The number of fused-ring (bicyclic) bond motifs is 1. The van der Waals surface area contributed by atoms with Gasteiger partial charge in [0.15, 0.2) is 10.9 Å². The average Bonchev–Trinajstić information content (AvgIpc) is 3.75. The maximum atomic E-state index is 13.5. The third-order valence-corrected chi connectivity index (χ3v) is 10.7. The van der Waals surface area contributed by atoms with E-state index in [0.29, 0.717) is 47.3 Å². The first-order chi connectivity index (χ1) is 20.3. The van der Waals surface area contributed by atoms with E-state index in [-0.39, 0.29) is 23.4 Å². The second-order valence-electron chi connectivity index (χ2n) is 11.2. The Bertz CT molecular complexity index is 1700. The molecule has 14 heteroatoms. The number of aromatic nitrogens is 4. The molecule has 6 heterocycles. The number of hydrogen-bond donors (Lipinski definition) is 1. The molecule has 1 N–H and O–H groups in total. The van der Waals surface area contributed by atoms with Gasteiger partial charge in [0.2, 0.25) is 16.0 Å². The summed E-state index contributed by atoms with van der Waals surface area (Å²) in [5.41, 5.74) is 2.08. The molecule has 0 aliphatic carbocycles. The SMILES string of the molecule is CCc1nc2sc(N3CCC4(CCN4CC(=O)N4CC(O)C4)C3)nn2c1N(C)c1nc(-c2ccc(F)cc2)c(C#N)s1. The van der Waals surface area contributed by atoms with Crippen LogP contribution in [0.5, 0.6) is 0 Å². The first-order valence-electron chi connectivity index (χ1n) is 14.0. The number of rotatable bonds is 7. The van der Waals surface area contributed by atoms with Crippen LogP contribution in [0.15, 0.2) is 24.3 Å². The van der Waals surface area contributed by atoms with Crippen LogP contribution < -0.4 is 9.80 Å². The van der Waals surface area contributed by atoms with E-state index < -0.39 is 0 Å². The number of imidazole rings is 1. The lowest BCUT2D eigenvalue weighted by Gasteiger charge is -2.51. The highest BCUT2D eigenvalue weighted by atomic mass is 32.1. The highest BCUT2D eigenvalue weighted by molar-refractivity contribution is 7.20. The first-order valence-corrected chi connectivity index (χ1v) is 15.7. The van der Waals surface area contributed by atoms with Crippen LogP contribution in [0.3, 0.4) is 0 Å². The monoisotopic (exact) mass is 607 g/mol. The van der Waals surface area contributed by atoms with Crippen LogP contribution in [0, 0.1) is 17.1 Å². The van der Waals surface area contributed by atoms with Gasteiger partial charge in [0.05, 0.1) is 18.3 Å². The van der Waals surface area contributed by atoms with Crippen LogP contribution in [0.1, 0.15) is 30.3 Å². The Kier molecular flexibility index (Phi) is 6.65. The van der Waals surface area contributed by atoms with Gasteiger partial charge < -0.3 is 19.8 Å². The zero-order valence-electron chi connectivity index (χ0n) is 23.3. The number of likely N-dealkylation sites (tertiary alicyclic amines) is 2. The number of nitrogens with zero attached hydrogens (tertiary/aromatic N) is 9. The van der Waals surface area contributed by atoms with Crippen LogP contribution in [0.25, 0.3) is 16.2 Å². The number of halogens is 1. The summed E-state index contributed by atoms with van der Waals surface area (Å²) in [7, 11) is 1.90. The second kappa shape index (κ2) is 10.3. The minimum atomic E-state index is -0.386. The minimum absolute atomic E-state index is 0.0214. The van der Waals surface area contributed by atoms with Gasteiger partial charge in [-0.15, -0.1) is 5.10 Å². The molecule has 1 aromatic carbocycles. The Morgan fingerprint density at radius 2 is 1.98 bits per heavy atom. The number of nitriles is 1. The Labute approximate surface area is 250 Å². The second-order valence-corrected chi connectivity index (χ2v) is 13.1. The minimum Gasteiger partial charge on any atom is -0.389 e. The molecule has 3 aliphatic rings. The molecule has 0 radical (unpaired) electrons. The summed E-state index contributed by atoms with van der Waals surface area (Å²) in [6, 6.07) is 8.24. The van der Waals surface area contributed by atoms with E-state index in [1.165, 1.54) is 23.5 Å². The number of benzene rings is 1. The van der Waals surface area contributed by atoms with Gasteiger partial charge in [-0.25, -0.2) is 14.4 Å². The molecule has 3 saturated heterocycles. The number of carbonyl (C=O) groups is 1. The summed E-state index contributed by atoms with van der Waals surface area (Å²) in [5.74, 6) is 0.559. The van der Waals surface area contributed by atoms with Crippen LogP contribution in [-0.2, 0) is 11.2 Å². The fourth-order valence-electron chi connectivity index (χ4n) is 6.13. The van der Waals surface area contributed by atoms with E-state index in [0.717, 1.165) is 54.1 Å². The van der Waals surface area contributed by atoms with Crippen molar-refractivity contribution in [1.82, 2.24) is 29.4 Å². The summed E-state index contributed by atoms with van der Waals surface area (Å²) in [6.07, 6.45) is 2.34. The van der Waals surface area contributed by atoms with Gasteiger partial charge >= 0.3 is 0 Å². The van der Waals surface area contributed by atoms with E-state index in [9.17, 15) is 19.6 Å². The van der Waals surface area contributed by atoms with Gasteiger partial charge in [-0.2, -0.15) is 9.78 Å². The summed E-state index contributed by atoms with van der Waals surface area (Å²) in [6.45, 7) is 5.90. The van der Waals surface area contributed by atoms with Crippen LogP contribution in [0.2, 0.25) is 0 Å². The smallest absolute Gasteiger partial charge is 0.236 e. The van der Waals surface area contributed by atoms with Crippen molar-refractivity contribution in [2.45, 2.75) is 37.8 Å². The number of aliphatic hydroxyl groups is 1. The summed E-state index contributed by atoms with van der Waals surface area (Å²) in [4.78, 5) is 31.8. The number of aliphatic hydroxyl groups excluding tert-OH is 1. The zero-order chi connectivity index (χ0) is 29.2. The molecule has 1 atom stereocenters. The third-order valence-electron chi connectivity index (χ3n) is 8.68. The molecule has 1 amide bonds. The van der Waals surface area contributed by atoms with E-state index in [1.54, 1.807) is 28.4 Å². The molecule has 1 spiro atoms. The number of anilines is 3. The highest BCUT2D eigenvalue weighted by Crippen LogP contribution is 2.43. The van der Waals surface area contributed by atoms with E-state index in [4.69, 9.17) is 15.1 Å². The predicted octanol–water partition coefficient (Wildman–Crippen LogP) is 3.11. The number of β-amino-alcohol motifs (C(OH)–C–C–N with tert-alkyl or cyclic N) is 1. The Morgan fingerprint density at radius 1 is 1.21 bits per heavy atom. The molecular formula is C28H30FN9O2S2. The summed E-state index contributed by atoms with van der Waals surface area (Å²) >= 11 is 2.83. The topological polar surface area (TPSA) is 117 Å². The van der Waals surface area contributed by atoms with Gasteiger partial charge in [0.1, 0.15) is 22.5 Å². The van der Waals surface area contributed by atoms with Crippen molar-refractivity contribution >= 4 is 49.6 Å². The summed E-state index contributed by atoms with van der Waals surface area (Å²) in [5, 5.41) is 25.9. The maximum absolute atomic E-state index is 13.5. The first kappa shape index (κ1) is 27.2. The fourth-order valence-corrected chi connectivity index (χ4v) is 7.92. The summed E-state index contributed by atoms with van der Waals surface area (Å²) < 4.78 is 15.4. The standard InChI is InChI=1S/C28H30FN9O2S2/c1-3-20-24(34(2)25-32-23(21(12-30)41-25)17-4-6-18(29)7-5-17)38-26(31-20)42-27(33-38)35-10-8-28(16-35)9-11-37(28)15-22(40)36-13-19(39)14-36/h4-7,19,39H,3,8-11,13-16H2,1-2H3. The molecular weight excluding hydrogens is 578 g/mol. The normalized spacial score (nSPS) is 20.7. The molecule has 3 aromatic heterocycles. The van der Waals surface area contributed by atoms with Crippen molar-refractivity contribution in [3.05, 3.63) is 40.7 Å². The number of thiazole rings is 1. The molecule has 11 nitrogen and oxygen atoms in total. The molecule has 3 aliphatic heterocycles. The molecule has 3 fully saturated rings. The largest absolute Gasteiger partial charge is 0.389 e. The van der Waals surface area contributed by atoms with Crippen molar-refractivity contribution in [2.24, 2.45) is 0 Å². The quantitative estimate of drug-likeness (QED) is 0.338. The van der Waals surface area contributed by atoms with E-state index >= 15 is 0 Å². The predicted molar refractivity (Wildman–Crippen MR) is 159 cm³/mol. The lowest BCUT2D eigenvalue weighted by atomic mass is 9.83. The van der Waals surface area contributed by atoms with Gasteiger partial charge in [0, 0.05) is 50.9 Å². The van der Waals surface area contributed by atoms with Gasteiger partial charge in [-0.3, -0.25) is 9.69 Å². The van der Waals surface area contributed by atoms with Gasteiger partial charge in [0.25, 0.3) is 0 Å². The lowest BCUT2D eigenvalue weighted by Crippen LogP contribution is -2.65. The van der Waals surface area contributed by atoms with Gasteiger partial charge in [-0.1, -0.05) is 29.6 Å². The number of aryl methyl sites for hydroxylation is 1. The van der Waals surface area contributed by atoms with Crippen molar-refractivity contribution in [3.8, 4) is 17.3 Å². The fraction of sp³-hybridized carbons (Fsp3) is 0.464. The molecule has 0 bridgehead atoms. The van der Waals surface area contributed by atoms with Crippen molar-refractivity contribution in [2.75, 3.05) is 56.1 Å². The van der Waals surface area contributed by atoms with Gasteiger partial charge in [-0.05, 0) is 43.5 Å². The molecule has 1 unspecified atom stereocenters. The van der Waals surface area contributed by atoms with E-state index in [2.05, 4.69) is 22.8 Å². The van der Waals surface area contributed by atoms with Crippen molar-refractivity contribution in [3.63, 3.8) is 0 Å². The highest BCUT2D eigenvalue weighted by Gasteiger charge is 2.51. The number of carbonyl (C=O) groups excluding carboxylic acids is 1. The molecule has 0 saturated carbocycles. The van der Waals surface area contributed by atoms with Crippen molar-refractivity contribution in [1.29, 1.82) is 5.26 Å². The number of hydrogen-bond acceptors (Lipinski definition) is 11. The lowest BCUT2D eigenvalue weighted by molar-refractivity contribution is -0.146. The Hall–Kier alpha value is -3.64. The van der Waals surface area contributed by atoms with Crippen LogP contribution in [0.4, 0.5) is 20.5 Å². The molecule has 42 heavy (non-hydrogen) atoms. The number of amides is 1. The molecule has 4 aromatic rings. The van der Waals surface area contributed by atoms with Crippen LogP contribution in [-0.4, -0.2) is 98.4 Å². The molecule has 218 valence electrons. The maximum Gasteiger partial charge on any atom is 0.236 e.